The van der Waals surface area contributed by atoms with Crippen molar-refractivity contribution in [3.05, 3.63) is 33.9 Å². The average molecular weight is 401 g/mol. The smallest absolute Gasteiger partial charge is 0.341 e. The Bertz CT molecular complexity index is 1090. The first-order valence-corrected chi connectivity index (χ1v) is 10.00. The Morgan fingerprint density at radius 1 is 1.38 bits per heavy atom. The quantitative estimate of drug-likeness (QED) is 0.800. The third-order valence-electron chi connectivity index (χ3n) is 6.75. The van der Waals surface area contributed by atoms with Gasteiger partial charge in [0.05, 0.1) is 18.0 Å². The average Bonchev–Trinajstić information content (AvgIpc) is 3.51. The van der Waals surface area contributed by atoms with Gasteiger partial charge < -0.3 is 24.6 Å². The Balaban J connectivity index is 1.75. The summed E-state index contributed by atoms with van der Waals surface area (Å²) in [4.78, 5) is 26.4. The Morgan fingerprint density at radius 2 is 2.10 bits per heavy atom. The molecule has 2 bridgehead atoms. The number of nitrogens with zero attached hydrogens (tertiary/aromatic N) is 2. The highest BCUT2D eigenvalue weighted by Gasteiger charge is 2.50. The maximum Gasteiger partial charge on any atom is 0.341 e. The highest BCUT2D eigenvalue weighted by molar-refractivity contribution is 5.97. The van der Waals surface area contributed by atoms with Gasteiger partial charge in [-0.15, -0.1) is 0 Å². The Morgan fingerprint density at radius 3 is 2.69 bits per heavy atom. The van der Waals surface area contributed by atoms with Gasteiger partial charge in [0.25, 0.3) is 0 Å². The summed E-state index contributed by atoms with van der Waals surface area (Å²) in [6, 6.07) is 1.29. The summed E-state index contributed by atoms with van der Waals surface area (Å²) < 4.78 is 22.8. The minimum atomic E-state index is -1.30. The number of pyridine rings is 1. The van der Waals surface area contributed by atoms with E-state index in [0.717, 1.165) is 32.2 Å². The number of aromatic nitrogens is 1. The van der Waals surface area contributed by atoms with Crippen LogP contribution in [0.1, 0.15) is 42.1 Å². The van der Waals surface area contributed by atoms with E-state index in [0.29, 0.717) is 29.4 Å². The molecule has 154 valence electrons. The van der Waals surface area contributed by atoms with Gasteiger partial charge >= 0.3 is 5.97 Å². The van der Waals surface area contributed by atoms with E-state index in [1.165, 1.54) is 19.4 Å². The topological polar surface area (TPSA) is 83.8 Å². The van der Waals surface area contributed by atoms with Crippen molar-refractivity contribution >= 4 is 22.6 Å². The molecule has 2 saturated heterocycles. The summed E-state index contributed by atoms with van der Waals surface area (Å²) in [7, 11) is 3.41. The predicted octanol–water partition coefficient (Wildman–Crippen LogP) is 2.37. The molecule has 4 aliphatic rings. The zero-order valence-corrected chi connectivity index (χ0v) is 16.5. The molecular weight excluding hydrogens is 377 g/mol. The van der Waals surface area contributed by atoms with E-state index in [-0.39, 0.29) is 22.5 Å². The number of hydrogen-bond donors (Lipinski definition) is 2. The molecule has 0 amide bonds. The summed E-state index contributed by atoms with van der Waals surface area (Å²) in [5.74, 6) is -1.05. The van der Waals surface area contributed by atoms with Crippen LogP contribution in [0, 0.1) is 11.7 Å². The van der Waals surface area contributed by atoms with Crippen LogP contribution in [0.2, 0.25) is 0 Å². The van der Waals surface area contributed by atoms with E-state index >= 15 is 4.39 Å². The summed E-state index contributed by atoms with van der Waals surface area (Å²) >= 11 is 0. The first-order chi connectivity index (χ1) is 13.9. The van der Waals surface area contributed by atoms with Crippen LogP contribution in [0.3, 0.4) is 0 Å². The number of halogens is 1. The van der Waals surface area contributed by atoms with Gasteiger partial charge in [-0.3, -0.25) is 4.79 Å². The number of carboxylic acid groups (broad SMARTS) is 1. The monoisotopic (exact) mass is 401 g/mol. The zero-order chi connectivity index (χ0) is 20.5. The van der Waals surface area contributed by atoms with Gasteiger partial charge in [-0.2, -0.15) is 0 Å². The molecule has 2 aliphatic heterocycles. The number of carboxylic acids is 1. The lowest BCUT2D eigenvalue weighted by Gasteiger charge is -2.57. The lowest BCUT2D eigenvalue weighted by molar-refractivity contribution is 0.0694. The SMILES string of the molecule is CNC12CC(CN(c3c(F)cc4c(=O)c(C(=O)O)cn(C5CC5)c4c3OC)C1)C2. The molecule has 1 aromatic carbocycles. The molecule has 0 atom stereocenters. The van der Waals surface area contributed by atoms with Gasteiger partial charge in [0.2, 0.25) is 5.43 Å². The number of hydrogen-bond acceptors (Lipinski definition) is 5. The molecule has 29 heavy (non-hydrogen) atoms. The molecule has 8 heteroatoms. The van der Waals surface area contributed by atoms with E-state index in [2.05, 4.69) is 5.32 Å². The number of benzene rings is 1. The second-order valence-corrected chi connectivity index (χ2v) is 8.64. The van der Waals surface area contributed by atoms with E-state index in [9.17, 15) is 14.7 Å². The fourth-order valence-corrected chi connectivity index (χ4v) is 5.22. The molecule has 0 unspecified atom stereocenters. The number of rotatable bonds is 5. The molecule has 2 saturated carbocycles. The number of anilines is 1. The van der Waals surface area contributed by atoms with Gasteiger partial charge in [-0.1, -0.05) is 0 Å². The van der Waals surface area contributed by atoms with E-state index in [4.69, 9.17) is 4.74 Å². The number of likely N-dealkylation sites (N-methyl/N-ethyl adjacent to an activating group) is 1. The Kier molecular flexibility index (Phi) is 3.93. The van der Waals surface area contributed by atoms with Crippen molar-refractivity contribution in [2.75, 3.05) is 32.1 Å². The molecule has 2 aromatic rings. The van der Waals surface area contributed by atoms with Crippen LogP contribution in [0.25, 0.3) is 10.9 Å². The number of methoxy groups -OCH3 is 1. The molecule has 7 nitrogen and oxygen atoms in total. The number of aromatic carboxylic acids is 1. The molecule has 6 rings (SSSR count). The molecule has 3 heterocycles. The molecule has 0 radical (unpaired) electrons. The van der Waals surface area contributed by atoms with Crippen molar-refractivity contribution < 1.29 is 19.0 Å². The number of fused-ring (bicyclic) bond motifs is 3. The highest BCUT2D eigenvalue weighted by Crippen LogP contribution is 2.49. The van der Waals surface area contributed by atoms with Crippen molar-refractivity contribution in [3.63, 3.8) is 0 Å². The number of nitrogens with one attached hydrogen (secondary N) is 1. The van der Waals surface area contributed by atoms with Crippen molar-refractivity contribution in [1.82, 2.24) is 9.88 Å². The molecule has 2 aliphatic carbocycles. The molecular formula is C21H24FN3O4. The van der Waals surface area contributed by atoms with Gasteiger partial charge in [0.1, 0.15) is 11.3 Å². The lowest BCUT2D eigenvalue weighted by Crippen LogP contribution is -2.67. The maximum atomic E-state index is 15.3. The predicted molar refractivity (Wildman–Crippen MR) is 107 cm³/mol. The van der Waals surface area contributed by atoms with Gasteiger partial charge in [0.15, 0.2) is 11.6 Å². The first-order valence-electron chi connectivity index (χ1n) is 10.00. The largest absolute Gasteiger partial charge is 0.492 e. The van der Waals surface area contributed by atoms with E-state index < -0.39 is 17.2 Å². The van der Waals surface area contributed by atoms with E-state index in [1.807, 2.05) is 11.9 Å². The van der Waals surface area contributed by atoms with Crippen LogP contribution in [-0.2, 0) is 0 Å². The molecule has 0 spiro atoms. The summed E-state index contributed by atoms with van der Waals surface area (Å²) in [6.45, 7) is 1.41. The summed E-state index contributed by atoms with van der Waals surface area (Å²) in [6.07, 6.45) is 5.32. The minimum Gasteiger partial charge on any atom is -0.492 e. The lowest BCUT2D eigenvalue weighted by atomic mass is 9.64. The Labute approximate surface area is 167 Å². The van der Waals surface area contributed by atoms with Crippen LogP contribution < -0.4 is 20.4 Å². The third kappa shape index (κ3) is 2.65. The van der Waals surface area contributed by atoms with Gasteiger partial charge in [-0.05, 0) is 44.7 Å². The van der Waals surface area contributed by atoms with Crippen LogP contribution in [0.15, 0.2) is 17.1 Å². The zero-order valence-electron chi connectivity index (χ0n) is 16.5. The second-order valence-electron chi connectivity index (χ2n) is 8.64. The molecule has 1 aromatic heterocycles. The van der Waals surface area contributed by atoms with Crippen molar-refractivity contribution in [1.29, 1.82) is 0 Å². The number of piperidine rings is 2. The number of ether oxygens (including phenoxy) is 1. The second kappa shape index (κ2) is 6.19. The summed E-state index contributed by atoms with van der Waals surface area (Å²) in [5.41, 5.74) is -0.188. The van der Waals surface area contributed by atoms with Crippen LogP contribution >= 0.6 is 0 Å². The van der Waals surface area contributed by atoms with Crippen molar-refractivity contribution in [2.45, 2.75) is 37.3 Å². The normalized spacial score (nSPS) is 25.8. The van der Waals surface area contributed by atoms with Gasteiger partial charge in [-0.25, -0.2) is 9.18 Å². The highest BCUT2D eigenvalue weighted by atomic mass is 19.1. The van der Waals surface area contributed by atoms with Crippen molar-refractivity contribution in [3.8, 4) is 5.75 Å². The van der Waals surface area contributed by atoms with Crippen LogP contribution in [0.4, 0.5) is 10.1 Å². The Hall–Kier alpha value is -2.61. The number of carbonyl (C=O) groups is 1. The van der Waals surface area contributed by atoms with Gasteiger partial charge in [0, 0.05) is 30.9 Å². The first kappa shape index (κ1) is 18.4. The maximum absolute atomic E-state index is 15.3. The summed E-state index contributed by atoms with van der Waals surface area (Å²) in [5, 5.41) is 12.9. The standard InChI is InChI=1S/C21H24FN3O4/c1-23-21-6-11(7-21)8-24(10-21)17-15(22)5-13-16(19(17)29-2)25(12-3-4-12)9-14(18(13)26)20(27)28/h5,9,11-12,23H,3-4,6-8,10H2,1-2H3,(H,27,28). The van der Waals surface area contributed by atoms with Crippen molar-refractivity contribution in [2.24, 2.45) is 5.92 Å². The minimum absolute atomic E-state index is 0.0152. The van der Waals surface area contributed by atoms with E-state index in [1.54, 1.807) is 4.57 Å². The molecule has 2 N–H and O–H groups in total. The van der Waals surface area contributed by atoms with Crippen LogP contribution in [-0.4, -0.2) is 48.4 Å². The third-order valence-corrected chi connectivity index (χ3v) is 6.75. The molecule has 4 fully saturated rings. The fraction of sp³-hybridized carbons (Fsp3) is 0.524. The fourth-order valence-electron chi connectivity index (χ4n) is 5.22. The van der Waals surface area contributed by atoms with Crippen LogP contribution in [0.5, 0.6) is 5.75 Å².